The summed E-state index contributed by atoms with van der Waals surface area (Å²) in [6.45, 7) is 2.09. The second-order valence-corrected chi connectivity index (χ2v) is 8.02. The van der Waals surface area contributed by atoms with Crippen molar-refractivity contribution in [3.05, 3.63) is 41.2 Å². The Morgan fingerprint density at radius 3 is 2.97 bits per heavy atom. The fourth-order valence-electron chi connectivity index (χ4n) is 3.78. The van der Waals surface area contributed by atoms with E-state index in [1.807, 2.05) is 0 Å². The first-order valence-corrected chi connectivity index (χ1v) is 10.1. The number of amides is 1. The molecule has 0 spiro atoms. The molecule has 2 aliphatic rings. The predicted molar refractivity (Wildman–Crippen MR) is 113 cm³/mol. The van der Waals surface area contributed by atoms with Gasteiger partial charge in [-0.05, 0) is 18.4 Å². The molecule has 31 heavy (non-hydrogen) atoms. The number of carbonyl (C=O) groups excluding carboxylic acids is 1. The molecule has 0 radical (unpaired) electrons. The third-order valence-corrected chi connectivity index (χ3v) is 5.61. The van der Waals surface area contributed by atoms with Crippen molar-refractivity contribution < 1.29 is 18.7 Å². The summed E-state index contributed by atoms with van der Waals surface area (Å²) in [5.74, 6) is 0.0612. The number of aromatic nitrogens is 4. The number of halogens is 2. The second-order valence-electron chi connectivity index (χ2n) is 7.58. The number of hydrogen-bond acceptors (Lipinski definition) is 6. The molecule has 0 saturated carbocycles. The average molecular weight is 448 g/mol. The van der Waals surface area contributed by atoms with E-state index in [2.05, 4.69) is 19.9 Å². The van der Waals surface area contributed by atoms with E-state index in [9.17, 15) is 9.18 Å². The van der Waals surface area contributed by atoms with Crippen LogP contribution in [0.15, 0.2) is 24.7 Å². The van der Waals surface area contributed by atoms with E-state index in [-0.39, 0.29) is 25.5 Å². The maximum atomic E-state index is 14.4. The quantitative estimate of drug-likeness (QED) is 0.653. The molecule has 10 heteroatoms. The van der Waals surface area contributed by atoms with Crippen molar-refractivity contribution in [2.75, 3.05) is 26.3 Å². The van der Waals surface area contributed by atoms with Crippen LogP contribution in [0.1, 0.15) is 19.5 Å². The van der Waals surface area contributed by atoms with Crippen LogP contribution in [0.25, 0.3) is 22.4 Å². The molecule has 164 valence electrons. The second kappa shape index (κ2) is 8.76. The van der Waals surface area contributed by atoms with Crippen LogP contribution >= 0.6 is 11.6 Å². The maximum Gasteiger partial charge on any atom is 0.410 e. The van der Waals surface area contributed by atoms with E-state index in [1.165, 1.54) is 6.20 Å². The average Bonchev–Trinajstić information content (AvgIpc) is 3.35. The lowest BCUT2D eigenvalue weighted by Crippen LogP contribution is -2.51. The van der Waals surface area contributed by atoms with Gasteiger partial charge in [-0.25, -0.2) is 24.1 Å². The van der Waals surface area contributed by atoms with Gasteiger partial charge in [0.15, 0.2) is 11.6 Å². The van der Waals surface area contributed by atoms with Crippen LogP contribution < -0.4 is 0 Å². The molecule has 2 saturated heterocycles. The van der Waals surface area contributed by atoms with Crippen molar-refractivity contribution in [3.63, 3.8) is 0 Å². The van der Waals surface area contributed by atoms with E-state index in [0.717, 1.165) is 11.8 Å². The number of hydrogen-bond donors (Lipinski definition) is 1. The van der Waals surface area contributed by atoms with Crippen molar-refractivity contribution in [2.24, 2.45) is 5.92 Å². The molecule has 0 bridgehead atoms. The summed E-state index contributed by atoms with van der Waals surface area (Å²) in [5.41, 5.74) is 1.69. The number of ether oxygens (including phenoxy) is 2. The normalized spacial score (nSPS) is 18.6. The van der Waals surface area contributed by atoms with Gasteiger partial charge in [-0.1, -0.05) is 19.0 Å². The van der Waals surface area contributed by atoms with Crippen molar-refractivity contribution in [2.45, 2.75) is 26.4 Å². The molecule has 1 unspecified atom stereocenters. The maximum absolute atomic E-state index is 14.4. The van der Waals surface area contributed by atoms with Crippen LogP contribution in [-0.2, 0) is 15.9 Å². The van der Waals surface area contributed by atoms with Crippen LogP contribution in [-0.4, -0.2) is 63.3 Å². The van der Waals surface area contributed by atoms with Crippen LogP contribution in [0.2, 0.25) is 5.02 Å². The number of rotatable bonds is 4. The number of nitrogens with zero attached hydrogens (tertiary/aromatic N) is 4. The summed E-state index contributed by atoms with van der Waals surface area (Å²) in [4.78, 5) is 29.6. The molecule has 3 aromatic heterocycles. The minimum Gasteiger partial charge on any atom is -0.444 e. The zero-order chi connectivity index (χ0) is 20.7. The standard InChI is InChI=1S/C20H19ClFN5O3.CH4/c21-12-4-14-15(6-24-18(14)23-5-12)19-25-7-16(22)17(26-19)3-11-8-27(9-11)20(28)30-13-1-2-29-10-13;/h4-7,11,13H,1-3,8-10H2,(H,23,24);1H4. The zero-order valence-electron chi connectivity index (χ0n) is 16.0. The molecule has 3 aromatic rings. The first kappa shape index (κ1) is 21.5. The number of H-pyrrole nitrogens is 1. The van der Waals surface area contributed by atoms with Gasteiger partial charge in [-0.15, -0.1) is 0 Å². The third kappa shape index (κ3) is 4.33. The molecule has 0 aliphatic carbocycles. The Labute approximate surface area is 183 Å². The van der Waals surface area contributed by atoms with Crippen molar-refractivity contribution in [1.29, 1.82) is 0 Å². The number of likely N-dealkylation sites (tertiary alicyclic amines) is 1. The number of aromatic amines is 1. The van der Waals surface area contributed by atoms with Gasteiger partial charge < -0.3 is 19.4 Å². The van der Waals surface area contributed by atoms with Gasteiger partial charge >= 0.3 is 6.09 Å². The molecule has 1 amide bonds. The molecule has 0 aromatic carbocycles. The van der Waals surface area contributed by atoms with E-state index < -0.39 is 5.82 Å². The van der Waals surface area contributed by atoms with Crippen molar-refractivity contribution in [1.82, 2.24) is 24.8 Å². The van der Waals surface area contributed by atoms with Crippen LogP contribution in [0, 0.1) is 11.7 Å². The summed E-state index contributed by atoms with van der Waals surface area (Å²) in [6, 6.07) is 1.77. The molecule has 5 rings (SSSR count). The molecule has 2 aliphatic heterocycles. The number of nitrogens with one attached hydrogen (secondary N) is 1. The molecule has 2 fully saturated rings. The first-order valence-electron chi connectivity index (χ1n) is 9.74. The lowest BCUT2D eigenvalue weighted by Gasteiger charge is -2.38. The molecular formula is C21H23ClFN5O3. The smallest absolute Gasteiger partial charge is 0.410 e. The van der Waals surface area contributed by atoms with Gasteiger partial charge in [0, 0.05) is 42.9 Å². The van der Waals surface area contributed by atoms with Gasteiger partial charge in [0.05, 0.1) is 30.1 Å². The summed E-state index contributed by atoms with van der Waals surface area (Å²) in [7, 11) is 0. The highest BCUT2D eigenvalue weighted by Crippen LogP contribution is 2.28. The molecule has 1 atom stereocenters. The lowest BCUT2D eigenvalue weighted by atomic mass is 9.95. The van der Waals surface area contributed by atoms with E-state index in [0.29, 0.717) is 60.5 Å². The number of pyridine rings is 1. The monoisotopic (exact) mass is 447 g/mol. The largest absolute Gasteiger partial charge is 0.444 e. The third-order valence-electron chi connectivity index (χ3n) is 5.41. The molecule has 5 heterocycles. The van der Waals surface area contributed by atoms with Gasteiger partial charge in [-0.3, -0.25) is 0 Å². The topological polar surface area (TPSA) is 93.2 Å². The van der Waals surface area contributed by atoms with E-state index in [4.69, 9.17) is 21.1 Å². The minimum atomic E-state index is -0.459. The highest BCUT2D eigenvalue weighted by molar-refractivity contribution is 6.31. The summed E-state index contributed by atoms with van der Waals surface area (Å²) >= 11 is 6.05. The van der Waals surface area contributed by atoms with Crippen molar-refractivity contribution in [3.8, 4) is 11.4 Å². The Balaban J connectivity index is 0.00000231. The van der Waals surface area contributed by atoms with Crippen LogP contribution in [0.4, 0.5) is 9.18 Å². The van der Waals surface area contributed by atoms with E-state index >= 15 is 0 Å². The highest BCUT2D eigenvalue weighted by atomic mass is 35.5. The number of fused-ring (bicyclic) bond motifs is 1. The first-order chi connectivity index (χ1) is 14.6. The van der Waals surface area contributed by atoms with E-state index in [1.54, 1.807) is 23.4 Å². The summed E-state index contributed by atoms with van der Waals surface area (Å²) in [6.07, 6.45) is 5.10. The number of carbonyl (C=O) groups is 1. The Kier molecular flexibility index (Phi) is 6.06. The Morgan fingerprint density at radius 2 is 2.19 bits per heavy atom. The van der Waals surface area contributed by atoms with Crippen molar-refractivity contribution >= 4 is 28.7 Å². The van der Waals surface area contributed by atoms with Gasteiger partial charge in [0.1, 0.15) is 11.8 Å². The Hall–Kier alpha value is -2.78. The Bertz CT molecular complexity index is 1100. The SMILES string of the molecule is C.O=C(OC1CCOC1)N1CC(Cc2nc(-c3c[nH]c4ncc(Cl)cc34)ncc2F)C1. The minimum absolute atomic E-state index is 0. The fraction of sp³-hybridized carbons (Fsp3) is 0.429. The predicted octanol–water partition coefficient (Wildman–Crippen LogP) is 3.85. The highest BCUT2D eigenvalue weighted by Gasteiger charge is 2.34. The Morgan fingerprint density at radius 1 is 1.35 bits per heavy atom. The summed E-state index contributed by atoms with van der Waals surface area (Å²) in [5, 5.41) is 1.27. The molecule has 8 nitrogen and oxygen atoms in total. The van der Waals surface area contributed by atoms with Gasteiger partial charge in [0.25, 0.3) is 0 Å². The van der Waals surface area contributed by atoms with Gasteiger partial charge in [0.2, 0.25) is 0 Å². The van der Waals surface area contributed by atoms with Crippen LogP contribution in [0.3, 0.4) is 0 Å². The lowest BCUT2D eigenvalue weighted by molar-refractivity contribution is 0.0231. The summed E-state index contributed by atoms with van der Waals surface area (Å²) < 4.78 is 25.0. The molecule has 1 N–H and O–H groups in total. The van der Waals surface area contributed by atoms with Gasteiger partial charge in [-0.2, -0.15) is 0 Å². The fourth-order valence-corrected chi connectivity index (χ4v) is 3.94. The van der Waals surface area contributed by atoms with Crippen LogP contribution in [0.5, 0.6) is 0 Å². The zero-order valence-corrected chi connectivity index (χ0v) is 16.7. The molecular weight excluding hydrogens is 425 g/mol.